The van der Waals surface area contributed by atoms with Crippen molar-refractivity contribution in [2.24, 2.45) is 0 Å². The van der Waals surface area contributed by atoms with E-state index in [1.165, 1.54) is 0 Å². The lowest BCUT2D eigenvalue weighted by molar-refractivity contribution is 0.301. The third-order valence-electron chi connectivity index (χ3n) is 2.04. The van der Waals surface area contributed by atoms with Crippen LogP contribution in [0, 0.1) is 0 Å². The van der Waals surface area contributed by atoms with Crippen molar-refractivity contribution in [3.05, 3.63) is 56.7 Å². The largest absolute Gasteiger partial charge is 0.486 e. The van der Waals surface area contributed by atoms with E-state index < -0.39 is 0 Å². The fourth-order valence-electron chi connectivity index (χ4n) is 1.27. The third kappa shape index (κ3) is 3.60. The monoisotopic (exact) mass is 331 g/mol. The number of hydrogen-bond acceptors (Lipinski definition) is 2. The summed E-state index contributed by atoms with van der Waals surface area (Å²) in [5, 5.41) is 1.01. The maximum atomic E-state index is 6.03. The van der Waals surface area contributed by atoms with Gasteiger partial charge in [0.15, 0.2) is 0 Å². The van der Waals surface area contributed by atoms with Gasteiger partial charge >= 0.3 is 0 Å². The molecule has 0 aliphatic carbocycles. The van der Waals surface area contributed by atoms with Gasteiger partial charge in [-0.25, -0.2) is 4.98 Å². The Morgan fingerprint density at radius 2 is 2.00 bits per heavy atom. The average molecular weight is 333 g/mol. The molecule has 0 aliphatic rings. The lowest BCUT2D eigenvalue weighted by Gasteiger charge is -2.07. The third-order valence-corrected chi connectivity index (χ3v) is 3.04. The van der Waals surface area contributed by atoms with Gasteiger partial charge in [0.1, 0.15) is 17.5 Å². The molecule has 1 heterocycles. The van der Waals surface area contributed by atoms with Crippen molar-refractivity contribution in [1.29, 1.82) is 0 Å². The van der Waals surface area contributed by atoms with Crippen LogP contribution in [-0.2, 0) is 6.61 Å². The summed E-state index contributed by atoms with van der Waals surface area (Å²) in [5.41, 5.74) is 0.761. The molecule has 1 aromatic carbocycles. The van der Waals surface area contributed by atoms with Crippen LogP contribution < -0.4 is 4.74 Å². The van der Waals surface area contributed by atoms with E-state index in [-0.39, 0.29) is 0 Å². The number of rotatable bonds is 3. The van der Waals surface area contributed by atoms with Gasteiger partial charge in [0.05, 0.1) is 10.7 Å². The first-order chi connectivity index (χ1) is 8.15. The number of aromatic nitrogens is 1. The van der Waals surface area contributed by atoms with Crippen molar-refractivity contribution in [3.8, 4) is 5.75 Å². The van der Waals surface area contributed by atoms with E-state index in [0.29, 0.717) is 22.5 Å². The van der Waals surface area contributed by atoms with Gasteiger partial charge in [-0.1, -0.05) is 45.2 Å². The van der Waals surface area contributed by atoms with Crippen molar-refractivity contribution in [3.63, 3.8) is 0 Å². The van der Waals surface area contributed by atoms with Crippen molar-refractivity contribution in [2.45, 2.75) is 6.61 Å². The number of nitrogens with zero attached hydrogens (tertiary/aromatic N) is 1. The Balaban J connectivity index is 2.07. The van der Waals surface area contributed by atoms with Gasteiger partial charge in [-0.2, -0.15) is 0 Å². The Morgan fingerprint density at radius 3 is 2.71 bits per heavy atom. The molecular formula is C12H8BrCl2NO. The number of halogens is 3. The van der Waals surface area contributed by atoms with Gasteiger partial charge < -0.3 is 4.74 Å². The first kappa shape index (κ1) is 12.7. The summed E-state index contributed by atoms with van der Waals surface area (Å²) in [4.78, 5) is 4.12. The molecule has 88 valence electrons. The number of hydrogen-bond donors (Lipinski definition) is 0. The highest BCUT2D eigenvalue weighted by atomic mass is 79.9. The predicted molar refractivity (Wildman–Crippen MR) is 72.7 cm³/mol. The Labute approximate surface area is 118 Å². The van der Waals surface area contributed by atoms with Crippen LogP contribution in [0.15, 0.2) is 40.9 Å². The minimum Gasteiger partial charge on any atom is -0.486 e. The molecule has 5 heteroatoms. The van der Waals surface area contributed by atoms with E-state index in [1.54, 1.807) is 18.2 Å². The second kappa shape index (κ2) is 5.71. The van der Waals surface area contributed by atoms with Gasteiger partial charge in [-0.05, 0) is 30.3 Å². The number of benzene rings is 1. The minimum atomic E-state index is 0.335. The summed E-state index contributed by atoms with van der Waals surface area (Å²) in [5.74, 6) is 0.622. The van der Waals surface area contributed by atoms with Gasteiger partial charge in [0.2, 0.25) is 0 Å². The first-order valence-corrected chi connectivity index (χ1v) is 6.39. The Kier molecular flexibility index (Phi) is 4.26. The van der Waals surface area contributed by atoms with Crippen LogP contribution in [0.1, 0.15) is 5.69 Å². The highest BCUT2D eigenvalue weighted by Gasteiger charge is 2.03. The molecule has 0 radical (unpaired) electrons. The lowest BCUT2D eigenvalue weighted by Crippen LogP contribution is -1.98. The van der Waals surface area contributed by atoms with Gasteiger partial charge in [-0.3, -0.25) is 0 Å². The highest BCUT2D eigenvalue weighted by Crippen LogP contribution is 2.28. The SMILES string of the molecule is Clc1cccc(COc2ccc(Br)cc2Cl)n1. The van der Waals surface area contributed by atoms with E-state index >= 15 is 0 Å². The van der Waals surface area contributed by atoms with E-state index in [2.05, 4.69) is 20.9 Å². The molecule has 0 aliphatic heterocycles. The van der Waals surface area contributed by atoms with Crippen molar-refractivity contribution in [1.82, 2.24) is 4.98 Å². The number of pyridine rings is 1. The van der Waals surface area contributed by atoms with Crippen molar-refractivity contribution >= 4 is 39.1 Å². The molecule has 0 amide bonds. The molecule has 0 saturated heterocycles. The Hall–Kier alpha value is -0.770. The quantitative estimate of drug-likeness (QED) is 0.758. The lowest BCUT2D eigenvalue weighted by atomic mass is 10.3. The summed E-state index contributed by atoms with van der Waals surface area (Å²) < 4.78 is 6.47. The zero-order valence-corrected chi connectivity index (χ0v) is 11.8. The van der Waals surface area contributed by atoms with E-state index in [1.807, 2.05) is 18.2 Å². The van der Waals surface area contributed by atoms with Crippen molar-refractivity contribution < 1.29 is 4.74 Å². The summed E-state index contributed by atoms with van der Waals surface area (Å²) in [6, 6.07) is 10.8. The highest BCUT2D eigenvalue weighted by molar-refractivity contribution is 9.10. The maximum absolute atomic E-state index is 6.03. The van der Waals surface area contributed by atoms with Crippen LogP contribution in [0.3, 0.4) is 0 Å². The molecule has 0 N–H and O–H groups in total. The zero-order chi connectivity index (χ0) is 12.3. The average Bonchev–Trinajstić information content (AvgIpc) is 2.28. The standard InChI is InChI=1S/C12H8BrCl2NO/c13-8-4-5-11(10(14)6-8)17-7-9-2-1-3-12(15)16-9/h1-6H,7H2. The fourth-order valence-corrected chi connectivity index (χ4v) is 2.18. The minimum absolute atomic E-state index is 0.335. The van der Waals surface area contributed by atoms with Gasteiger partial charge in [-0.15, -0.1) is 0 Å². The summed E-state index contributed by atoms with van der Waals surface area (Å²) in [7, 11) is 0. The summed E-state index contributed by atoms with van der Waals surface area (Å²) >= 11 is 15.1. The van der Waals surface area contributed by atoms with Gasteiger partial charge in [0, 0.05) is 4.47 Å². The molecule has 0 unspecified atom stereocenters. The Morgan fingerprint density at radius 1 is 1.18 bits per heavy atom. The first-order valence-electron chi connectivity index (χ1n) is 4.84. The van der Waals surface area contributed by atoms with Crippen LogP contribution in [0.2, 0.25) is 10.2 Å². The second-order valence-corrected chi connectivity index (χ2v) is 5.03. The molecule has 0 spiro atoms. The predicted octanol–water partition coefficient (Wildman–Crippen LogP) is 4.73. The summed E-state index contributed by atoms with van der Waals surface area (Å²) in [6.07, 6.45) is 0. The van der Waals surface area contributed by atoms with Crippen molar-refractivity contribution in [2.75, 3.05) is 0 Å². The maximum Gasteiger partial charge on any atom is 0.138 e. The topological polar surface area (TPSA) is 22.1 Å². The zero-order valence-electron chi connectivity index (χ0n) is 8.66. The van der Waals surface area contributed by atoms with Crippen LogP contribution in [0.5, 0.6) is 5.75 Å². The van der Waals surface area contributed by atoms with Crippen LogP contribution in [0.4, 0.5) is 0 Å². The van der Waals surface area contributed by atoms with Crippen LogP contribution >= 0.6 is 39.1 Å². The molecule has 0 fully saturated rings. The van der Waals surface area contributed by atoms with E-state index in [4.69, 9.17) is 27.9 Å². The normalized spacial score (nSPS) is 10.3. The molecule has 1 aromatic heterocycles. The smallest absolute Gasteiger partial charge is 0.138 e. The molecule has 0 atom stereocenters. The molecule has 17 heavy (non-hydrogen) atoms. The molecule has 0 saturated carbocycles. The van der Waals surface area contributed by atoms with E-state index in [9.17, 15) is 0 Å². The molecule has 2 nitrogen and oxygen atoms in total. The molecule has 2 rings (SSSR count). The molecule has 2 aromatic rings. The second-order valence-electron chi connectivity index (χ2n) is 3.32. The van der Waals surface area contributed by atoms with Gasteiger partial charge in [0.25, 0.3) is 0 Å². The van der Waals surface area contributed by atoms with Crippen LogP contribution in [-0.4, -0.2) is 4.98 Å². The fraction of sp³-hybridized carbons (Fsp3) is 0.0833. The Bertz CT molecular complexity index is 534. The van der Waals surface area contributed by atoms with Crippen LogP contribution in [0.25, 0.3) is 0 Å². The summed E-state index contributed by atoms with van der Waals surface area (Å²) in [6.45, 7) is 0.335. The van der Waals surface area contributed by atoms with E-state index in [0.717, 1.165) is 10.2 Å². The molecular weight excluding hydrogens is 325 g/mol. The molecule has 0 bridgehead atoms. The number of ether oxygens (including phenoxy) is 1.